The molecular weight excluding hydrogens is 200 g/mol. The van der Waals surface area contributed by atoms with E-state index in [2.05, 4.69) is 0 Å². The molecule has 0 aliphatic rings. The van der Waals surface area contributed by atoms with Crippen LogP contribution in [0.5, 0.6) is 0 Å². The van der Waals surface area contributed by atoms with Gasteiger partial charge in [-0.3, -0.25) is 0 Å². The molecule has 0 rings (SSSR count). The molecule has 0 aromatic rings. The minimum Gasteiger partial charge on any atom is -0.396 e. The number of hydrogen-bond acceptors (Lipinski definition) is 5. The molecule has 0 aliphatic heterocycles. The van der Waals surface area contributed by atoms with Crippen LogP contribution in [0.2, 0.25) is 0 Å². The van der Waals surface area contributed by atoms with Crippen molar-refractivity contribution in [2.45, 2.75) is 38.4 Å². The SMILES string of the molecule is CC(O)CC(O)CCC(CO)(CO)CO. The lowest BCUT2D eigenvalue weighted by Gasteiger charge is -2.28. The van der Waals surface area contributed by atoms with Gasteiger partial charge in [0.1, 0.15) is 0 Å². The zero-order valence-electron chi connectivity index (χ0n) is 9.13. The number of rotatable bonds is 8. The highest BCUT2D eigenvalue weighted by molar-refractivity contribution is 4.78. The van der Waals surface area contributed by atoms with Crippen LogP contribution in [0.1, 0.15) is 26.2 Å². The highest BCUT2D eigenvalue weighted by Crippen LogP contribution is 2.23. The van der Waals surface area contributed by atoms with Gasteiger partial charge in [0.15, 0.2) is 0 Å². The van der Waals surface area contributed by atoms with E-state index in [1.165, 1.54) is 0 Å². The Kier molecular flexibility index (Phi) is 7.04. The van der Waals surface area contributed by atoms with Gasteiger partial charge in [0.25, 0.3) is 0 Å². The summed E-state index contributed by atoms with van der Waals surface area (Å²) in [6.45, 7) is 0.630. The van der Waals surface area contributed by atoms with Crippen molar-refractivity contribution in [1.29, 1.82) is 0 Å². The largest absolute Gasteiger partial charge is 0.396 e. The lowest BCUT2D eigenvalue weighted by atomic mass is 9.84. The summed E-state index contributed by atoms with van der Waals surface area (Å²) >= 11 is 0. The van der Waals surface area contributed by atoms with Gasteiger partial charge in [-0.05, 0) is 26.2 Å². The smallest absolute Gasteiger partial charge is 0.0565 e. The molecule has 0 aromatic carbocycles. The maximum atomic E-state index is 9.46. The summed E-state index contributed by atoms with van der Waals surface area (Å²) in [4.78, 5) is 0. The summed E-state index contributed by atoms with van der Waals surface area (Å²) in [6, 6.07) is 0. The third kappa shape index (κ3) is 5.44. The molecule has 5 N–H and O–H groups in total. The van der Waals surface area contributed by atoms with Crippen LogP contribution in [0.4, 0.5) is 0 Å². The average molecular weight is 222 g/mol. The van der Waals surface area contributed by atoms with Crippen molar-refractivity contribution in [1.82, 2.24) is 0 Å². The van der Waals surface area contributed by atoms with Crippen LogP contribution in [-0.2, 0) is 0 Å². The van der Waals surface area contributed by atoms with Crippen molar-refractivity contribution in [2.24, 2.45) is 5.41 Å². The first-order valence-electron chi connectivity index (χ1n) is 5.18. The van der Waals surface area contributed by atoms with Gasteiger partial charge in [-0.25, -0.2) is 0 Å². The summed E-state index contributed by atoms with van der Waals surface area (Å²) in [5.74, 6) is 0. The lowest BCUT2D eigenvalue weighted by molar-refractivity contribution is -0.0137. The molecule has 0 fully saturated rings. The molecule has 2 unspecified atom stereocenters. The molecule has 0 radical (unpaired) electrons. The molecule has 0 bridgehead atoms. The molecule has 15 heavy (non-hydrogen) atoms. The summed E-state index contributed by atoms with van der Waals surface area (Å²) in [5.41, 5.74) is -0.931. The van der Waals surface area contributed by atoms with E-state index in [0.29, 0.717) is 12.8 Å². The molecule has 0 amide bonds. The Morgan fingerprint density at radius 2 is 1.47 bits per heavy atom. The Morgan fingerprint density at radius 1 is 1.00 bits per heavy atom. The van der Waals surface area contributed by atoms with Gasteiger partial charge in [0, 0.05) is 5.41 Å². The quantitative estimate of drug-likeness (QED) is 0.357. The Hall–Kier alpha value is -0.200. The normalized spacial score (nSPS) is 16.4. The monoisotopic (exact) mass is 222 g/mol. The second-order valence-electron chi connectivity index (χ2n) is 4.25. The first-order valence-corrected chi connectivity index (χ1v) is 5.18. The number of aliphatic hydroxyl groups excluding tert-OH is 5. The maximum Gasteiger partial charge on any atom is 0.0565 e. The van der Waals surface area contributed by atoms with Crippen LogP contribution in [0, 0.1) is 5.41 Å². The lowest BCUT2D eigenvalue weighted by Crippen LogP contribution is -2.35. The average Bonchev–Trinajstić information content (AvgIpc) is 2.20. The first-order chi connectivity index (χ1) is 6.99. The van der Waals surface area contributed by atoms with Crippen LogP contribution in [0.3, 0.4) is 0 Å². The van der Waals surface area contributed by atoms with Gasteiger partial charge < -0.3 is 25.5 Å². The van der Waals surface area contributed by atoms with E-state index in [0.717, 1.165) is 0 Å². The molecule has 0 aromatic heterocycles. The van der Waals surface area contributed by atoms with Gasteiger partial charge >= 0.3 is 0 Å². The summed E-state index contributed by atoms with van der Waals surface area (Å²) in [7, 11) is 0. The highest BCUT2D eigenvalue weighted by atomic mass is 16.3. The standard InChI is InChI=1S/C10H22O5/c1-8(14)4-9(15)2-3-10(5-11,6-12)7-13/h8-9,11-15H,2-7H2,1H3. The van der Waals surface area contributed by atoms with Crippen molar-refractivity contribution in [3.8, 4) is 0 Å². The molecule has 0 saturated carbocycles. The van der Waals surface area contributed by atoms with Gasteiger partial charge in [0.2, 0.25) is 0 Å². The van der Waals surface area contributed by atoms with Gasteiger partial charge in [-0.1, -0.05) is 0 Å². The Balaban J connectivity index is 3.99. The van der Waals surface area contributed by atoms with Crippen molar-refractivity contribution in [2.75, 3.05) is 19.8 Å². The summed E-state index contributed by atoms with van der Waals surface area (Å²) in [6.07, 6.45) is -0.323. The van der Waals surface area contributed by atoms with E-state index < -0.39 is 17.6 Å². The molecular formula is C10H22O5. The summed E-state index contributed by atoms with van der Waals surface area (Å²) < 4.78 is 0. The second kappa shape index (κ2) is 7.14. The van der Waals surface area contributed by atoms with Crippen molar-refractivity contribution in [3.05, 3.63) is 0 Å². The van der Waals surface area contributed by atoms with E-state index in [4.69, 9.17) is 20.4 Å². The molecule has 0 heterocycles. The van der Waals surface area contributed by atoms with E-state index in [1.807, 2.05) is 0 Å². The van der Waals surface area contributed by atoms with Crippen molar-refractivity contribution < 1.29 is 25.5 Å². The van der Waals surface area contributed by atoms with Crippen LogP contribution >= 0.6 is 0 Å². The van der Waals surface area contributed by atoms with E-state index in [9.17, 15) is 5.11 Å². The second-order valence-corrected chi connectivity index (χ2v) is 4.25. The van der Waals surface area contributed by atoms with Crippen LogP contribution < -0.4 is 0 Å². The maximum absolute atomic E-state index is 9.46. The van der Waals surface area contributed by atoms with Gasteiger partial charge in [0.05, 0.1) is 32.0 Å². The van der Waals surface area contributed by atoms with E-state index in [-0.39, 0.29) is 26.2 Å². The summed E-state index contributed by atoms with van der Waals surface area (Å²) in [5, 5.41) is 45.5. The third-order valence-corrected chi connectivity index (χ3v) is 2.63. The van der Waals surface area contributed by atoms with Crippen molar-refractivity contribution >= 4 is 0 Å². The van der Waals surface area contributed by atoms with Crippen LogP contribution in [-0.4, -0.2) is 57.6 Å². The number of hydrogen-bond donors (Lipinski definition) is 5. The Bertz CT molecular complexity index is 148. The van der Waals surface area contributed by atoms with Crippen molar-refractivity contribution in [3.63, 3.8) is 0 Å². The molecule has 0 saturated heterocycles. The first kappa shape index (κ1) is 14.8. The topological polar surface area (TPSA) is 101 Å². The van der Waals surface area contributed by atoms with E-state index in [1.54, 1.807) is 6.92 Å². The fraction of sp³-hybridized carbons (Fsp3) is 1.00. The van der Waals surface area contributed by atoms with Crippen LogP contribution in [0.15, 0.2) is 0 Å². The minimum absolute atomic E-state index is 0.262. The predicted octanol–water partition coefficient (Wildman–Crippen LogP) is -1.14. The molecule has 5 nitrogen and oxygen atoms in total. The molecule has 2 atom stereocenters. The van der Waals surface area contributed by atoms with Crippen LogP contribution in [0.25, 0.3) is 0 Å². The fourth-order valence-corrected chi connectivity index (χ4v) is 1.37. The molecule has 0 spiro atoms. The minimum atomic E-state index is -0.931. The third-order valence-electron chi connectivity index (χ3n) is 2.63. The fourth-order valence-electron chi connectivity index (χ4n) is 1.37. The molecule has 5 heteroatoms. The zero-order chi connectivity index (χ0) is 11.9. The van der Waals surface area contributed by atoms with Gasteiger partial charge in [-0.2, -0.15) is 0 Å². The Labute approximate surface area is 90.0 Å². The number of aliphatic hydroxyl groups is 5. The van der Waals surface area contributed by atoms with E-state index >= 15 is 0 Å². The van der Waals surface area contributed by atoms with Gasteiger partial charge in [-0.15, -0.1) is 0 Å². The zero-order valence-corrected chi connectivity index (χ0v) is 9.13. The molecule has 92 valence electrons. The Morgan fingerprint density at radius 3 is 1.80 bits per heavy atom. The predicted molar refractivity (Wildman–Crippen MR) is 55.2 cm³/mol. The molecule has 0 aliphatic carbocycles. The highest BCUT2D eigenvalue weighted by Gasteiger charge is 2.28.